The van der Waals surface area contributed by atoms with E-state index in [1.165, 1.54) is 38.2 Å². The second-order valence-electron chi connectivity index (χ2n) is 9.33. The molecule has 8 nitrogen and oxygen atoms in total. The lowest BCUT2D eigenvalue weighted by Gasteiger charge is -2.44. The number of carbonyl (C=O) groups excluding carboxylic acids is 2. The molecule has 14 heteroatoms. The topological polar surface area (TPSA) is 77.5 Å². The number of methoxy groups -OCH3 is 3. The Balaban J connectivity index is 2.27. The molecule has 0 aliphatic carbocycles. The molecule has 1 heterocycles. The third kappa shape index (κ3) is 6.41. The molecule has 41 heavy (non-hydrogen) atoms. The van der Waals surface area contributed by atoms with E-state index in [1.807, 2.05) is 0 Å². The third-order valence-electron chi connectivity index (χ3n) is 6.85. The number of hydrogen-bond donors (Lipinski definition) is 0. The van der Waals surface area contributed by atoms with Crippen LogP contribution < -0.4 is 14.4 Å². The van der Waals surface area contributed by atoms with Gasteiger partial charge in [0.2, 0.25) is 0 Å². The van der Waals surface area contributed by atoms with Crippen LogP contribution in [0.2, 0.25) is 0 Å². The average Bonchev–Trinajstić information content (AvgIpc) is 2.90. The monoisotopic (exact) mass is 592 g/mol. The van der Waals surface area contributed by atoms with Gasteiger partial charge in [-0.3, -0.25) is 9.80 Å². The first-order valence-corrected chi connectivity index (χ1v) is 12.5. The summed E-state index contributed by atoms with van der Waals surface area (Å²) in [4.78, 5) is 28.5. The van der Waals surface area contributed by atoms with Crippen LogP contribution in [0.15, 0.2) is 30.3 Å². The van der Waals surface area contributed by atoms with E-state index in [9.17, 15) is 35.9 Å². The van der Waals surface area contributed by atoms with Gasteiger partial charge in [-0.2, -0.15) is 26.3 Å². The Morgan fingerprint density at radius 1 is 0.951 bits per heavy atom. The molecule has 2 amide bonds. The fourth-order valence-electron chi connectivity index (χ4n) is 4.93. The van der Waals surface area contributed by atoms with Gasteiger partial charge >= 0.3 is 24.5 Å². The molecule has 1 aliphatic heterocycles. The van der Waals surface area contributed by atoms with Crippen molar-refractivity contribution in [1.82, 2.24) is 4.90 Å². The molecular weight excluding hydrogens is 562 g/mol. The van der Waals surface area contributed by atoms with E-state index in [1.54, 1.807) is 13.8 Å². The van der Waals surface area contributed by atoms with Gasteiger partial charge in [-0.25, -0.2) is 9.59 Å². The molecule has 0 radical (unpaired) electrons. The minimum absolute atomic E-state index is 0.0189. The van der Waals surface area contributed by atoms with Crippen LogP contribution in [-0.4, -0.2) is 51.1 Å². The maximum absolute atomic E-state index is 13.6. The van der Waals surface area contributed by atoms with Crippen molar-refractivity contribution in [2.75, 3.05) is 32.8 Å². The number of carbonyl (C=O) groups is 2. The number of ether oxygens (including phenoxy) is 4. The lowest BCUT2D eigenvalue weighted by molar-refractivity contribution is -0.143. The van der Waals surface area contributed by atoms with Crippen LogP contribution in [0.5, 0.6) is 11.5 Å². The van der Waals surface area contributed by atoms with Gasteiger partial charge in [0.05, 0.1) is 56.8 Å². The number of rotatable bonds is 6. The molecule has 226 valence electrons. The van der Waals surface area contributed by atoms with Crippen molar-refractivity contribution in [2.45, 2.75) is 57.7 Å². The zero-order valence-electron chi connectivity index (χ0n) is 23.1. The Labute approximate surface area is 232 Å². The molecule has 3 rings (SSSR count). The highest BCUT2D eigenvalue weighted by atomic mass is 19.4. The minimum Gasteiger partial charge on any atom is -0.493 e. The van der Waals surface area contributed by atoms with E-state index in [2.05, 4.69) is 0 Å². The predicted molar refractivity (Wildman–Crippen MR) is 135 cm³/mol. The molecule has 2 aromatic carbocycles. The Morgan fingerprint density at radius 2 is 1.49 bits per heavy atom. The summed E-state index contributed by atoms with van der Waals surface area (Å²) < 4.78 is 103. The first-order chi connectivity index (χ1) is 19.1. The maximum atomic E-state index is 13.6. The number of hydrogen-bond acceptors (Lipinski definition) is 6. The van der Waals surface area contributed by atoms with Crippen molar-refractivity contribution >= 4 is 17.9 Å². The molecule has 0 spiro atoms. The lowest BCUT2D eigenvalue weighted by Crippen LogP contribution is -2.48. The number of amides is 2. The largest absolute Gasteiger partial charge is 0.493 e. The van der Waals surface area contributed by atoms with Crippen LogP contribution in [0.3, 0.4) is 0 Å². The van der Waals surface area contributed by atoms with E-state index in [0.29, 0.717) is 17.7 Å². The van der Waals surface area contributed by atoms with Gasteiger partial charge in [0.15, 0.2) is 11.5 Å². The van der Waals surface area contributed by atoms with Gasteiger partial charge < -0.3 is 18.9 Å². The van der Waals surface area contributed by atoms with Gasteiger partial charge in [-0.05, 0) is 57.0 Å². The van der Waals surface area contributed by atoms with Crippen LogP contribution >= 0.6 is 0 Å². The molecule has 0 saturated heterocycles. The number of fused-ring (bicyclic) bond motifs is 1. The van der Waals surface area contributed by atoms with Crippen molar-refractivity contribution in [2.24, 2.45) is 0 Å². The molecule has 0 saturated carbocycles. The normalized spacial score (nSPS) is 17.8. The molecule has 1 aliphatic rings. The number of halogens is 6. The predicted octanol–water partition coefficient (Wildman–Crippen LogP) is 7.37. The van der Waals surface area contributed by atoms with Crippen molar-refractivity contribution in [3.8, 4) is 11.5 Å². The molecule has 0 N–H and O–H groups in total. The molecule has 0 aromatic heterocycles. The first kappa shape index (κ1) is 31.7. The second-order valence-corrected chi connectivity index (χ2v) is 9.33. The summed E-state index contributed by atoms with van der Waals surface area (Å²) in [6, 6.07) is 1.20. The summed E-state index contributed by atoms with van der Waals surface area (Å²) in [7, 11) is 3.77. The molecular formula is C27H30F6N2O6. The summed E-state index contributed by atoms with van der Waals surface area (Å²) in [5, 5.41) is 0. The zero-order valence-corrected chi connectivity index (χ0v) is 23.1. The van der Waals surface area contributed by atoms with Gasteiger partial charge in [0.25, 0.3) is 0 Å². The van der Waals surface area contributed by atoms with Crippen molar-refractivity contribution in [1.29, 1.82) is 0 Å². The standard InChI is InChI=1S/C27H30F6N2O6/c1-7-41-25(37)34-14(2)8-20(19-12-22(38-4)23(39-5)13-21(19)34)35(24(36)40-6)15(3)16-9-17(26(28,29)30)11-18(10-16)27(31,32)33/h9-15,20H,7-8H2,1-6H3. The van der Waals surface area contributed by atoms with Crippen molar-refractivity contribution in [3.05, 3.63) is 52.6 Å². The quantitative estimate of drug-likeness (QED) is 0.326. The van der Waals surface area contributed by atoms with E-state index in [0.717, 1.165) is 12.0 Å². The Kier molecular flexibility index (Phi) is 9.24. The number of alkyl halides is 6. The zero-order chi connectivity index (χ0) is 30.9. The molecule has 2 aromatic rings. The van der Waals surface area contributed by atoms with Crippen LogP contribution in [0.4, 0.5) is 41.6 Å². The average molecular weight is 593 g/mol. The molecule has 3 unspecified atom stereocenters. The fourth-order valence-corrected chi connectivity index (χ4v) is 4.93. The highest BCUT2D eigenvalue weighted by Gasteiger charge is 2.43. The second kappa shape index (κ2) is 12.0. The fraction of sp³-hybridized carbons (Fsp3) is 0.481. The van der Waals surface area contributed by atoms with E-state index >= 15 is 0 Å². The molecule has 3 atom stereocenters. The highest BCUT2D eigenvalue weighted by Crippen LogP contribution is 2.48. The maximum Gasteiger partial charge on any atom is 0.416 e. The first-order valence-electron chi connectivity index (χ1n) is 12.5. The third-order valence-corrected chi connectivity index (χ3v) is 6.85. The van der Waals surface area contributed by atoms with Crippen molar-refractivity contribution in [3.63, 3.8) is 0 Å². The van der Waals surface area contributed by atoms with E-state index in [4.69, 9.17) is 18.9 Å². The van der Waals surface area contributed by atoms with E-state index in [-0.39, 0.29) is 36.3 Å². The van der Waals surface area contributed by atoms with E-state index < -0.39 is 59.4 Å². The van der Waals surface area contributed by atoms with Gasteiger partial charge in [-0.1, -0.05) is 0 Å². The number of nitrogens with zero attached hydrogens (tertiary/aromatic N) is 2. The van der Waals surface area contributed by atoms with Gasteiger partial charge in [0, 0.05) is 17.7 Å². The number of anilines is 1. The van der Waals surface area contributed by atoms with Crippen LogP contribution in [0.25, 0.3) is 0 Å². The summed E-state index contributed by atoms with van der Waals surface area (Å²) >= 11 is 0. The summed E-state index contributed by atoms with van der Waals surface area (Å²) in [5.41, 5.74) is -2.88. The Hall–Kier alpha value is -3.84. The molecule has 0 fully saturated rings. The van der Waals surface area contributed by atoms with Crippen molar-refractivity contribution < 1.29 is 54.9 Å². The summed E-state index contributed by atoms with van der Waals surface area (Å²) in [6.45, 7) is 4.65. The minimum atomic E-state index is -5.08. The highest BCUT2D eigenvalue weighted by molar-refractivity contribution is 5.91. The van der Waals surface area contributed by atoms with Crippen LogP contribution in [-0.2, 0) is 21.8 Å². The number of benzene rings is 2. The van der Waals surface area contributed by atoms with Gasteiger partial charge in [0.1, 0.15) is 0 Å². The lowest BCUT2D eigenvalue weighted by atomic mass is 9.88. The van der Waals surface area contributed by atoms with Crippen LogP contribution in [0.1, 0.15) is 61.5 Å². The van der Waals surface area contributed by atoms with Gasteiger partial charge in [-0.15, -0.1) is 0 Å². The summed E-state index contributed by atoms with van der Waals surface area (Å²) in [6.07, 6.45) is -11.8. The molecule has 0 bridgehead atoms. The Morgan fingerprint density at radius 3 is 1.95 bits per heavy atom. The summed E-state index contributed by atoms with van der Waals surface area (Å²) in [5.74, 6) is 0.448. The SMILES string of the molecule is CCOC(=O)N1c2cc(OC)c(OC)cc2C(N(C(=O)OC)C(C)c2cc(C(F)(F)F)cc(C(F)(F)F)c2)CC1C. The van der Waals surface area contributed by atoms with Crippen LogP contribution in [0, 0.1) is 0 Å². The smallest absolute Gasteiger partial charge is 0.416 e. The Bertz CT molecular complexity index is 1250.